The molecule has 8 heteroatoms. The van der Waals surface area contributed by atoms with E-state index in [1.54, 1.807) is 27.8 Å². The number of ether oxygens (including phenoxy) is 2. The molecule has 4 aromatic rings. The van der Waals surface area contributed by atoms with Crippen LogP contribution in [-0.4, -0.2) is 46.4 Å². The Hall–Kier alpha value is -4.59. The van der Waals surface area contributed by atoms with E-state index < -0.39 is 0 Å². The monoisotopic (exact) mass is 510 g/mol. The van der Waals surface area contributed by atoms with Gasteiger partial charge in [0.2, 0.25) is 12.7 Å². The SMILES string of the molecule is CCCN(CC(=O)Nc1c(-c2ccccc2)c(C)nn1-c1ccc(C)cc1)C(=O)c1ccc2c(c1)OCO2. The highest BCUT2D eigenvalue weighted by atomic mass is 16.7. The number of carbonyl (C=O) groups excluding carboxylic acids is 2. The van der Waals surface area contributed by atoms with Crippen LogP contribution in [0.1, 0.15) is 35.0 Å². The molecule has 0 saturated heterocycles. The smallest absolute Gasteiger partial charge is 0.254 e. The summed E-state index contributed by atoms with van der Waals surface area (Å²) in [5.41, 5.74) is 4.97. The first-order valence-corrected chi connectivity index (χ1v) is 12.7. The Balaban J connectivity index is 1.45. The molecule has 1 N–H and O–H groups in total. The van der Waals surface area contributed by atoms with Crippen molar-refractivity contribution in [2.24, 2.45) is 0 Å². The number of amides is 2. The summed E-state index contributed by atoms with van der Waals surface area (Å²) in [7, 11) is 0. The predicted molar refractivity (Wildman–Crippen MR) is 146 cm³/mol. The Labute approximate surface area is 221 Å². The van der Waals surface area contributed by atoms with Crippen molar-refractivity contribution in [2.45, 2.75) is 27.2 Å². The Bertz CT molecular complexity index is 1460. The lowest BCUT2D eigenvalue weighted by Gasteiger charge is -2.22. The van der Waals surface area contributed by atoms with Gasteiger partial charge < -0.3 is 19.7 Å². The summed E-state index contributed by atoms with van der Waals surface area (Å²) in [5.74, 6) is 1.15. The maximum absolute atomic E-state index is 13.5. The molecule has 8 nitrogen and oxygen atoms in total. The van der Waals surface area contributed by atoms with Crippen molar-refractivity contribution >= 4 is 17.6 Å². The van der Waals surface area contributed by atoms with Gasteiger partial charge in [-0.05, 0) is 56.2 Å². The summed E-state index contributed by atoms with van der Waals surface area (Å²) >= 11 is 0. The molecule has 2 amide bonds. The van der Waals surface area contributed by atoms with Crippen LogP contribution >= 0.6 is 0 Å². The van der Waals surface area contributed by atoms with Crippen LogP contribution in [0.25, 0.3) is 16.8 Å². The van der Waals surface area contributed by atoms with Crippen LogP contribution < -0.4 is 14.8 Å². The molecule has 1 aliphatic rings. The third kappa shape index (κ3) is 5.11. The lowest BCUT2D eigenvalue weighted by molar-refractivity contribution is -0.116. The van der Waals surface area contributed by atoms with E-state index in [0.717, 1.165) is 28.1 Å². The summed E-state index contributed by atoms with van der Waals surface area (Å²) in [4.78, 5) is 28.4. The molecular formula is C30H30N4O4. The maximum atomic E-state index is 13.5. The van der Waals surface area contributed by atoms with E-state index >= 15 is 0 Å². The topological polar surface area (TPSA) is 85.7 Å². The highest BCUT2D eigenvalue weighted by molar-refractivity contribution is 6.01. The molecule has 1 aromatic heterocycles. The van der Waals surface area contributed by atoms with Crippen molar-refractivity contribution in [3.05, 3.63) is 89.6 Å². The number of hydrogen-bond donors (Lipinski definition) is 1. The average molecular weight is 511 g/mol. The highest BCUT2D eigenvalue weighted by Gasteiger charge is 2.24. The van der Waals surface area contributed by atoms with E-state index in [9.17, 15) is 9.59 Å². The van der Waals surface area contributed by atoms with Gasteiger partial charge in [0.05, 0.1) is 11.4 Å². The molecule has 2 heterocycles. The molecule has 0 aliphatic carbocycles. The number of rotatable bonds is 8. The fraction of sp³-hybridized carbons (Fsp3) is 0.233. The van der Waals surface area contributed by atoms with Gasteiger partial charge in [0.1, 0.15) is 12.4 Å². The van der Waals surface area contributed by atoms with Crippen molar-refractivity contribution in [1.29, 1.82) is 0 Å². The van der Waals surface area contributed by atoms with Gasteiger partial charge in [-0.2, -0.15) is 5.10 Å². The van der Waals surface area contributed by atoms with Gasteiger partial charge in [-0.25, -0.2) is 4.68 Å². The second kappa shape index (κ2) is 10.8. The van der Waals surface area contributed by atoms with E-state index in [1.165, 1.54) is 0 Å². The number of aromatic nitrogens is 2. The van der Waals surface area contributed by atoms with Crippen LogP contribution in [-0.2, 0) is 4.79 Å². The number of nitrogens with one attached hydrogen (secondary N) is 1. The van der Waals surface area contributed by atoms with Crippen LogP contribution in [0.5, 0.6) is 11.5 Å². The molecule has 0 saturated carbocycles. The minimum Gasteiger partial charge on any atom is -0.454 e. The number of anilines is 1. The summed E-state index contributed by atoms with van der Waals surface area (Å²) in [6.45, 7) is 6.38. The Morgan fingerprint density at radius 1 is 0.974 bits per heavy atom. The van der Waals surface area contributed by atoms with Gasteiger partial charge in [0, 0.05) is 17.7 Å². The molecule has 0 spiro atoms. The third-order valence-corrected chi connectivity index (χ3v) is 6.39. The minimum absolute atomic E-state index is 0.104. The maximum Gasteiger partial charge on any atom is 0.254 e. The first-order valence-electron chi connectivity index (χ1n) is 12.7. The van der Waals surface area contributed by atoms with E-state index in [-0.39, 0.29) is 25.2 Å². The summed E-state index contributed by atoms with van der Waals surface area (Å²) in [6, 6.07) is 22.9. The standard InChI is InChI=1S/C30H30N4O4/c1-4-16-33(30(36)23-12-15-25-26(17-23)38-19-37-25)18-27(35)31-29-28(22-8-6-5-7-9-22)21(3)32-34(29)24-13-10-20(2)11-14-24/h5-15,17H,4,16,18-19H2,1-3H3,(H,31,35). The van der Waals surface area contributed by atoms with Gasteiger partial charge in [-0.3, -0.25) is 9.59 Å². The van der Waals surface area contributed by atoms with Crippen molar-refractivity contribution in [3.63, 3.8) is 0 Å². The zero-order valence-electron chi connectivity index (χ0n) is 21.7. The number of benzene rings is 3. The molecule has 0 fully saturated rings. The van der Waals surface area contributed by atoms with Crippen molar-refractivity contribution < 1.29 is 19.1 Å². The van der Waals surface area contributed by atoms with Crippen LogP contribution in [0.2, 0.25) is 0 Å². The quantitative estimate of drug-likeness (QED) is 0.344. The van der Waals surface area contributed by atoms with E-state index in [2.05, 4.69) is 5.32 Å². The van der Waals surface area contributed by atoms with Crippen LogP contribution in [0, 0.1) is 13.8 Å². The Morgan fingerprint density at radius 2 is 1.71 bits per heavy atom. The molecule has 0 bridgehead atoms. The average Bonchev–Trinajstić information content (AvgIpc) is 3.52. The molecule has 1 aliphatic heterocycles. The molecule has 194 valence electrons. The largest absolute Gasteiger partial charge is 0.454 e. The van der Waals surface area contributed by atoms with Crippen LogP contribution in [0.15, 0.2) is 72.8 Å². The van der Waals surface area contributed by atoms with Gasteiger partial charge in [0.25, 0.3) is 5.91 Å². The normalized spacial score (nSPS) is 11.9. The summed E-state index contributed by atoms with van der Waals surface area (Å²) < 4.78 is 12.5. The Morgan fingerprint density at radius 3 is 2.45 bits per heavy atom. The van der Waals surface area contributed by atoms with Crippen molar-refractivity contribution in [2.75, 3.05) is 25.2 Å². The molecule has 0 unspecified atom stereocenters. The number of carbonyl (C=O) groups is 2. The number of nitrogens with zero attached hydrogens (tertiary/aromatic N) is 3. The zero-order chi connectivity index (χ0) is 26.6. The molecule has 5 rings (SSSR count). The third-order valence-electron chi connectivity index (χ3n) is 6.39. The molecule has 38 heavy (non-hydrogen) atoms. The van der Waals surface area contributed by atoms with E-state index in [4.69, 9.17) is 14.6 Å². The van der Waals surface area contributed by atoms with Gasteiger partial charge in [-0.15, -0.1) is 0 Å². The molecular weight excluding hydrogens is 480 g/mol. The van der Waals surface area contributed by atoms with E-state index in [0.29, 0.717) is 35.8 Å². The molecule has 3 aromatic carbocycles. The second-order valence-electron chi connectivity index (χ2n) is 9.27. The lowest BCUT2D eigenvalue weighted by Crippen LogP contribution is -2.38. The van der Waals surface area contributed by atoms with Crippen LogP contribution in [0.4, 0.5) is 5.82 Å². The molecule has 0 atom stereocenters. The fourth-order valence-electron chi connectivity index (χ4n) is 4.55. The Kier molecular flexibility index (Phi) is 7.13. The van der Waals surface area contributed by atoms with Crippen molar-refractivity contribution in [1.82, 2.24) is 14.7 Å². The second-order valence-corrected chi connectivity index (χ2v) is 9.27. The number of aryl methyl sites for hydroxylation is 2. The highest BCUT2D eigenvalue weighted by Crippen LogP contribution is 2.34. The predicted octanol–water partition coefficient (Wildman–Crippen LogP) is 5.38. The lowest BCUT2D eigenvalue weighted by atomic mass is 10.1. The fourth-order valence-corrected chi connectivity index (χ4v) is 4.55. The zero-order valence-corrected chi connectivity index (χ0v) is 21.7. The minimum atomic E-state index is -0.307. The van der Waals surface area contributed by atoms with E-state index in [1.807, 2.05) is 75.4 Å². The molecule has 0 radical (unpaired) electrons. The summed E-state index contributed by atoms with van der Waals surface area (Å²) in [5, 5.41) is 7.84. The number of fused-ring (bicyclic) bond motifs is 1. The van der Waals surface area contributed by atoms with Crippen LogP contribution in [0.3, 0.4) is 0 Å². The summed E-state index contributed by atoms with van der Waals surface area (Å²) in [6.07, 6.45) is 0.708. The first-order chi connectivity index (χ1) is 18.4. The van der Waals surface area contributed by atoms with Gasteiger partial charge in [0.15, 0.2) is 11.5 Å². The van der Waals surface area contributed by atoms with Gasteiger partial charge in [-0.1, -0.05) is 55.0 Å². The first kappa shape index (κ1) is 25.1. The van der Waals surface area contributed by atoms with Gasteiger partial charge >= 0.3 is 0 Å². The number of hydrogen-bond acceptors (Lipinski definition) is 5. The van der Waals surface area contributed by atoms with Crippen molar-refractivity contribution in [3.8, 4) is 28.3 Å².